The lowest BCUT2D eigenvalue weighted by Gasteiger charge is -2.25. The number of nitrogens with zero attached hydrogens (tertiary/aromatic N) is 1. The van der Waals surface area contributed by atoms with E-state index in [-0.39, 0.29) is 17.9 Å². The Labute approximate surface area is 162 Å². The Hall–Kier alpha value is -2.29. The van der Waals surface area contributed by atoms with Gasteiger partial charge in [0.25, 0.3) is 0 Å². The molecule has 0 spiro atoms. The van der Waals surface area contributed by atoms with Crippen molar-refractivity contribution in [3.8, 4) is 23.8 Å². The van der Waals surface area contributed by atoms with Gasteiger partial charge in [-0.05, 0) is 48.9 Å². The average Bonchev–Trinajstić information content (AvgIpc) is 3.03. The first kappa shape index (κ1) is 18.5. The zero-order valence-corrected chi connectivity index (χ0v) is 15.8. The van der Waals surface area contributed by atoms with Crippen molar-refractivity contribution in [3.05, 3.63) is 53.1 Å². The molecule has 1 saturated heterocycles. The second-order valence-electron chi connectivity index (χ2n) is 5.54. The molecular weight excluding hydrogens is 370 g/mol. The fourth-order valence-electron chi connectivity index (χ4n) is 2.74. The van der Waals surface area contributed by atoms with Gasteiger partial charge in [-0.25, -0.2) is 0 Å². The lowest BCUT2D eigenvalue weighted by Crippen LogP contribution is -2.27. The van der Waals surface area contributed by atoms with Crippen LogP contribution in [0.15, 0.2) is 42.5 Å². The third kappa shape index (κ3) is 3.92. The molecule has 26 heavy (non-hydrogen) atoms. The molecule has 1 fully saturated rings. The van der Waals surface area contributed by atoms with Crippen LogP contribution in [0.2, 0.25) is 5.02 Å². The number of halogens is 1. The highest BCUT2D eigenvalue weighted by Gasteiger charge is 2.34. The Kier molecular flexibility index (Phi) is 5.97. The van der Waals surface area contributed by atoms with Gasteiger partial charge < -0.3 is 9.47 Å². The maximum atomic E-state index is 12.5. The summed E-state index contributed by atoms with van der Waals surface area (Å²) in [5, 5.41) is 0.503. The molecule has 0 N–H and O–H groups in total. The van der Waals surface area contributed by atoms with E-state index >= 15 is 0 Å². The molecule has 0 saturated carbocycles. The third-order valence-electron chi connectivity index (χ3n) is 3.84. The standard InChI is InChI=1S/C20H18ClNO3S/c1-3-11-25-17-10-5-14(12-18(17)24-4-2)20-22(19(23)13-26-20)16-8-6-15(21)7-9-16/h1,5-10,12,20H,4,11,13H2,2H3/t20-/m0/s1. The fourth-order valence-corrected chi connectivity index (χ4v) is 4.03. The van der Waals surface area contributed by atoms with E-state index in [0.29, 0.717) is 28.9 Å². The molecule has 134 valence electrons. The van der Waals surface area contributed by atoms with E-state index < -0.39 is 0 Å². The highest BCUT2D eigenvalue weighted by Crippen LogP contribution is 2.44. The largest absolute Gasteiger partial charge is 0.490 e. The summed E-state index contributed by atoms with van der Waals surface area (Å²) in [6.45, 7) is 2.59. The zero-order valence-electron chi connectivity index (χ0n) is 14.3. The first-order chi connectivity index (χ1) is 12.6. The van der Waals surface area contributed by atoms with Crippen LogP contribution in [0.4, 0.5) is 5.69 Å². The predicted octanol–water partition coefficient (Wildman–Crippen LogP) is 4.53. The molecule has 0 aromatic heterocycles. The molecule has 2 aromatic carbocycles. The number of amides is 1. The number of thioether (sulfide) groups is 1. The molecule has 0 bridgehead atoms. The summed E-state index contributed by atoms with van der Waals surface area (Å²) >= 11 is 7.55. The summed E-state index contributed by atoms with van der Waals surface area (Å²) in [7, 11) is 0. The summed E-state index contributed by atoms with van der Waals surface area (Å²) < 4.78 is 11.2. The second-order valence-corrected chi connectivity index (χ2v) is 7.04. The number of carbonyl (C=O) groups excluding carboxylic acids is 1. The van der Waals surface area contributed by atoms with E-state index in [1.54, 1.807) is 28.8 Å². The highest BCUT2D eigenvalue weighted by molar-refractivity contribution is 8.00. The van der Waals surface area contributed by atoms with Crippen molar-refractivity contribution in [2.24, 2.45) is 0 Å². The molecule has 0 radical (unpaired) electrons. The van der Waals surface area contributed by atoms with Gasteiger partial charge in [0.15, 0.2) is 11.5 Å². The average molecular weight is 388 g/mol. The van der Waals surface area contributed by atoms with Crippen LogP contribution >= 0.6 is 23.4 Å². The molecule has 0 aliphatic carbocycles. The van der Waals surface area contributed by atoms with Crippen molar-refractivity contribution in [2.75, 3.05) is 23.9 Å². The van der Waals surface area contributed by atoms with Gasteiger partial charge in [-0.15, -0.1) is 18.2 Å². The van der Waals surface area contributed by atoms with Gasteiger partial charge in [-0.2, -0.15) is 0 Å². The minimum atomic E-state index is -0.135. The molecule has 4 nitrogen and oxygen atoms in total. The lowest BCUT2D eigenvalue weighted by atomic mass is 10.1. The minimum absolute atomic E-state index is 0.0629. The van der Waals surface area contributed by atoms with Crippen LogP contribution in [-0.4, -0.2) is 24.9 Å². The molecular formula is C20H18ClNO3S. The summed E-state index contributed by atoms with van der Waals surface area (Å²) in [5.74, 6) is 4.15. The van der Waals surface area contributed by atoms with Crippen LogP contribution in [0, 0.1) is 12.3 Å². The number of benzene rings is 2. The maximum Gasteiger partial charge on any atom is 0.238 e. The number of anilines is 1. The molecule has 2 aromatic rings. The van der Waals surface area contributed by atoms with Gasteiger partial charge in [-0.3, -0.25) is 9.69 Å². The highest BCUT2D eigenvalue weighted by atomic mass is 35.5. The van der Waals surface area contributed by atoms with Crippen LogP contribution in [0.1, 0.15) is 17.9 Å². The Balaban J connectivity index is 1.93. The van der Waals surface area contributed by atoms with Crippen molar-refractivity contribution in [1.29, 1.82) is 0 Å². The van der Waals surface area contributed by atoms with Crippen LogP contribution in [0.5, 0.6) is 11.5 Å². The van der Waals surface area contributed by atoms with Gasteiger partial charge in [0.2, 0.25) is 5.91 Å². The number of hydrogen-bond donors (Lipinski definition) is 0. The second kappa shape index (κ2) is 8.39. The Morgan fingerprint density at radius 1 is 1.23 bits per heavy atom. The topological polar surface area (TPSA) is 38.8 Å². The molecule has 1 heterocycles. The van der Waals surface area contributed by atoms with Crippen molar-refractivity contribution >= 4 is 35.0 Å². The summed E-state index contributed by atoms with van der Waals surface area (Å²) in [4.78, 5) is 14.2. The van der Waals surface area contributed by atoms with Crippen molar-refractivity contribution in [3.63, 3.8) is 0 Å². The van der Waals surface area contributed by atoms with Crippen molar-refractivity contribution < 1.29 is 14.3 Å². The van der Waals surface area contributed by atoms with E-state index in [0.717, 1.165) is 11.3 Å². The van der Waals surface area contributed by atoms with Gasteiger partial charge >= 0.3 is 0 Å². The fraction of sp³-hybridized carbons (Fsp3) is 0.250. The quantitative estimate of drug-likeness (QED) is 0.682. The van der Waals surface area contributed by atoms with E-state index in [4.69, 9.17) is 27.5 Å². The van der Waals surface area contributed by atoms with Crippen molar-refractivity contribution in [2.45, 2.75) is 12.3 Å². The number of ether oxygens (including phenoxy) is 2. The van der Waals surface area contributed by atoms with Gasteiger partial charge in [0, 0.05) is 10.7 Å². The number of terminal acetylenes is 1. The van der Waals surface area contributed by atoms with Gasteiger partial charge in [0.05, 0.1) is 12.4 Å². The molecule has 1 amide bonds. The van der Waals surface area contributed by atoms with Crippen LogP contribution in [0.3, 0.4) is 0 Å². The van der Waals surface area contributed by atoms with Crippen molar-refractivity contribution in [1.82, 2.24) is 0 Å². The lowest BCUT2D eigenvalue weighted by molar-refractivity contribution is -0.115. The van der Waals surface area contributed by atoms with E-state index in [1.165, 1.54) is 0 Å². The minimum Gasteiger partial charge on any atom is -0.490 e. The van der Waals surface area contributed by atoms with Crippen LogP contribution in [0.25, 0.3) is 0 Å². The molecule has 6 heteroatoms. The van der Waals surface area contributed by atoms with E-state index in [2.05, 4.69) is 5.92 Å². The molecule has 1 atom stereocenters. The molecule has 3 rings (SSSR count). The number of carbonyl (C=O) groups is 1. The summed E-state index contributed by atoms with van der Waals surface area (Å²) in [6, 6.07) is 13.0. The molecule has 0 unspecified atom stereocenters. The Bertz CT molecular complexity index is 832. The number of rotatable bonds is 6. The Morgan fingerprint density at radius 2 is 2.00 bits per heavy atom. The smallest absolute Gasteiger partial charge is 0.238 e. The SMILES string of the molecule is C#CCOc1ccc([C@@H]2SCC(=O)N2c2ccc(Cl)cc2)cc1OCC. The molecule has 1 aliphatic rings. The van der Waals surface area contributed by atoms with Gasteiger partial charge in [-0.1, -0.05) is 23.6 Å². The third-order valence-corrected chi connectivity index (χ3v) is 5.30. The zero-order chi connectivity index (χ0) is 18.5. The van der Waals surface area contributed by atoms with E-state index in [9.17, 15) is 4.79 Å². The Morgan fingerprint density at radius 3 is 2.69 bits per heavy atom. The normalized spacial score (nSPS) is 16.4. The van der Waals surface area contributed by atoms with Gasteiger partial charge in [0.1, 0.15) is 12.0 Å². The first-order valence-corrected chi connectivity index (χ1v) is 9.59. The predicted molar refractivity (Wildman–Crippen MR) is 106 cm³/mol. The van der Waals surface area contributed by atoms with Crippen LogP contribution in [-0.2, 0) is 4.79 Å². The summed E-state index contributed by atoms with van der Waals surface area (Å²) in [6.07, 6.45) is 5.27. The maximum absolute atomic E-state index is 12.5. The first-order valence-electron chi connectivity index (χ1n) is 8.16. The summed E-state index contributed by atoms with van der Waals surface area (Å²) in [5.41, 5.74) is 1.78. The monoisotopic (exact) mass is 387 g/mol. The van der Waals surface area contributed by atoms with Crippen LogP contribution < -0.4 is 14.4 Å². The number of hydrogen-bond acceptors (Lipinski definition) is 4. The van der Waals surface area contributed by atoms with E-state index in [1.807, 2.05) is 37.3 Å². The molecule has 1 aliphatic heterocycles.